The molecule has 1 fully saturated rings. The first-order valence-electron chi connectivity index (χ1n) is 13.8. The minimum absolute atomic E-state index is 0.154. The predicted molar refractivity (Wildman–Crippen MR) is 155 cm³/mol. The summed E-state index contributed by atoms with van der Waals surface area (Å²) in [6.45, 7) is 6.67. The number of methoxy groups -OCH3 is 1. The molecular formula is C33H39FN2O2. The van der Waals surface area contributed by atoms with E-state index in [1.54, 1.807) is 7.11 Å². The summed E-state index contributed by atoms with van der Waals surface area (Å²) in [6, 6.07) is 19.3. The van der Waals surface area contributed by atoms with Crippen LogP contribution in [-0.2, 0) is 6.42 Å². The van der Waals surface area contributed by atoms with Crippen LogP contribution in [0.15, 0.2) is 54.6 Å². The number of hydrogen-bond acceptors (Lipinski definition) is 4. The summed E-state index contributed by atoms with van der Waals surface area (Å²) in [5.74, 6) is 1.81. The van der Waals surface area contributed by atoms with Crippen LogP contribution in [0.3, 0.4) is 0 Å². The second-order valence-corrected chi connectivity index (χ2v) is 10.7. The summed E-state index contributed by atoms with van der Waals surface area (Å²) in [5, 5.41) is 0. The molecule has 5 heteroatoms. The van der Waals surface area contributed by atoms with E-state index in [1.165, 1.54) is 39.0 Å². The summed E-state index contributed by atoms with van der Waals surface area (Å²) in [6.07, 6.45) is 4.80. The maximum atomic E-state index is 12.6. The fourth-order valence-corrected chi connectivity index (χ4v) is 6.01. The first kappa shape index (κ1) is 26.3. The number of ether oxygens (including phenoxy) is 2. The molecule has 0 unspecified atom stereocenters. The molecule has 1 heterocycles. The van der Waals surface area contributed by atoms with Crippen molar-refractivity contribution < 1.29 is 13.9 Å². The van der Waals surface area contributed by atoms with Crippen molar-refractivity contribution in [2.75, 3.05) is 39.2 Å². The normalized spacial score (nSPS) is 17.8. The molecule has 1 aliphatic carbocycles. The van der Waals surface area contributed by atoms with Gasteiger partial charge in [-0.2, -0.15) is 0 Å². The van der Waals surface area contributed by atoms with Crippen LogP contribution in [0.2, 0.25) is 0 Å². The highest BCUT2D eigenvalue weighted by Crippen LogP contribution is 2.42. The molecule has 0 spiro atoms. The molecule has 3 aromatic rings. The zero-order valence-corrected chi connectivity index (χ0v) is 22.9. The maximum absolute atomic E-state index is 12.6. The van der Waals surface area contributed by atoms with Gasteiger partial charge >= 0.3 is 0 Å². The number of benzene rings is 3. The average Bonchev–Trinajstić information content (AvgIpc) is 3.28. The van der Waals surface area contributed by atoms with Crippen LogP contribution in [0.5, 0.6) is 11.5 Å². The fraction of sp³-hybridized carbons (Fsp3) is 0.394. The molecule has 0 saturated carbocycles. The van der Waals surface area contributed by atoms with Crippen molar-refractivity contribution in [1.82, 2.24) is 4.90 Å². The molecule has 1 atom stereocenters. The number of allylic oxidation sites excluding steroid dienone is 1. The Labute approximate surface area is 226 Å². The largest absolute Gasteiger partial charge is 0.496 e. The smallest absolute Gasteiger partial charge is 0.122 e. The number of nitrogens with zero attached hydrogens (tertiary/aromatic N) is 1. The Kier molecular flexibility index (Phi) is 8.04. The zero-order valence-electron chi connectivity index (χ0n) is 22.9. The highest BCUT2D eigenvalue weighted by molar-refractivity contribution is 6.00. The highest BCUT2D eigenvalue weighted by Gasteiger charge is 2.25. The summed E-state index contributed by atoms with van der Waals surface area (Å²) >= 11 is 0. The Morgan fingerprint density at radius 3 is 2.55 bits per heavy atom. The molecule has 0 radical (unpaired) electrons. The lowest BCUT2D eigenvalue weighted by Gasteiger charge is -2.20. The Balaban J connectivity index is 1.52. The van der Waals surface area contributed by atoms with Crippen LogP contribution in [-0.4, -0.2) is 44.4 Å². The molecule has 0 amide bonds. The predicted octanol–water partition coefficient (Wildman–Crippen LogP) is 7.00. The van der Waals surface area contributed by atoms with Gasteiger partial charge in [0.1, 0.15) is 17.6 Å². The molecule has 0 bridgehead atoms. The van der Waals surface area contributed by atoms with Gasteiger partial charge in [0.2, 0.25) is 0 Å². The third kappa shape index (κ3) is 5.58. The molecule has 200 valence electrons. The van der Waals surface area contributed by atoms with E-state index in [-0.39, 0.29) is 12.8 Å². The topological polar surface area (TPSA) is 47.7 Å². The Morgan fingerprint density at radius 2 is 1.79 bits per heavy atom. The quantitative estimate of drug-likeness (QED) is 0.329. The van der Waals surface area contributed by atoms with E-state index in [0.29, 0.717) is 6.42 Å². The van der Waals surface area contributed by atoms with Crippen LogP contribution in [0, 0.1) is 13.8 Å². The number of nitrogen functional groups attached to an aromatic ring is 1. The van der Waals surface area contributed by atoms with Gasteiger partial charge in [0.05, 0.1) is 13.8 Å². The highest BCUT2D eigenvalue weighted by atomic mass is 19.1. The molecule has 5 rings (SSSR count). The lowest BCUT2D eigenvalue weighted by atomic mass is 9.85. The van der Waals surface area contributed by atoms with Crippen molar-refractivity contribution in [3.05, 3.63) is 88.0 Å². The molecule has 0 aromatic heterocycles. The zero-order chi connectivity index (χ0) is 26.6. The molecule has 3 aromatic carbocycles. The number of hydrogen-bond donors (Lipinski definition) is 1. The molecular weight excluding hydrogens is 475 g/mol. The number of aryl methyl sites for hydroxylation is 3. The van der Waals surface area contributed by atoms with Gasteiger partial charge in [-0.1, -0.05) is 18.2 Å². The second kappa shape index (κ2) is 11.6. The third-order valence-corrected chi connectivity index (χ3v) is 7.92. The molecule has 1 aliphatic heterocycles. The monoisotopic (exact) mass is 514 g/mol. The summed E-state index contributed by atoms with van der Waals surface area (Å²) in [5.41, 5.74) is 17.0. The van der Waals surface area contributed by atoms with Crippen LogP contribution in [0.1, 0.15) is 59.1 Å². The van der Waals surface area contributed by atoms with Gasteiger partial charge in [-0.05, 0) is 127 Å². The number of anilines is 1. The molecule has 2 N–H and O–H groups in total. The Morgan fingerprint density at radius 1 is 0.974 bits per heavy atom. The standard InChI is InChI=1S/C33H39FN2O2/c1-22-19-32(37-3)23(2)18-31(22)30-7-4-6-25-20-26(35)10-13-29(25)33(30)24-8-11-27(12-9-24)38-28-14-17-36(21-28)16-5-15-34/h8-13,18-20,28H,4-7,14-17,21,35H2,1-3H3/t28-/m0/s1. The van der Waals surface area contributed by atoms with E-state index in [2.05, 4.69) is 67.3 Å². The Hall–Kier alpha value is -3.31. The molecule has 38 heavy (non-hydrogen) atoms. The lowest BCUT2D eigenvalue weighted by molar-refractivity contribution is 0.198. The van der Waals surface area contributed by atoms with Gasteiger partial charge in [-0.25, -0.2) is 0 Å². The van der Waals surface area contributed by atoms with E-state index in [0.717, 1.165) is 68.1 Å². The van der Waals surface area contributed by atoms with Crippen LogP contribution in [0.25, 0.3) is 11.1 Å². The molecule has 1 saturated heterocycles. The second-order valence-electron chi connectivity index (χ2n) is 10.7. The van der Waals surface area contributed by atoms with Gasteiger partial charge in [0.15, 0.2) is 0 Å². The maximum Gasteiger partial charge on any atom is 0.122 e. The fourth-order valence-electron chi connectivity index (χ4n) is 6.01. The molecule has 4 nitrogen and oxygen atoms in total. The number of nitrogens with two attached hydrogens (primary N) is 1. The number of halogens is 1. The van der Waals surface area contributed by atoms with Crippen LogP contribution in [0.4, 0.5) is 10.1 Å². The number of rotatable bonds is 8. The van der Waals surface area contributed by atoms with Crippen LogP contribution >= 0.6 is 0 Å². The molecule has 2 aliphatic rings. The first-order valence-corrected chi connectivity index (χ1v) is 13.8. The van der Waals surface area contributed by atoms with Gasteiger partial charge in [-0.3, -0.25) is 9.29 Å². The first-order chi connectivity index (χ1) is 18.5. The van der Waals surface area contributed by atoms with E-state index < -0.39 is 0 Å². The number of alkyl halides is 1. The summed E-state index contributed by atoms with van der Waals surface area (Å²) in [7, 11) is 1.73. The SMILES string of the molecule is COc1cc(C)c(C2=C(c3ccc(O[C@H]4CCN(CCCF)C4)cc3)c3ccc(N)cc3CCC2)cc1C. The number of fused-ring (bicyclic) bond motifs is 1. The van der Waals surface area contributed by atoms with Gasteiger partial charge in [0.25, 0.3) is 0 Å². The van der Waals surface area contributed by atoms with Gasteiger partial charge < -0.3 is 15.2 Å². The Bertz CT molecular complexity index is 1320. The van der Waals surface area contributed by atoms with E-state index in [1.807, 2.05) is 6.07 Å². The van der Waals surface area contributed by atoms with Gasteiger partial charge in [-0.15, -0.1) is 0 Å². The van der Waals surface area contributed by atoms with Crippen molar-refractivity contribution in [3.8, 4) is 11.5 Å². The van der Waals surface area contributed by atoms with Gasteiger partial charge in [0, 0.05) is 25.3 Å². The average molecular weight is 515 g/mol. The summed E-state index contributed by atoms with van der Waals surface area (Å²) < 4.78 is 24.5. The van der Waals surface area contributed by atoms with Crippen molar-refractivity contribution in [2.45, 2.75) is 52.1 Å². The summed E-state index contributed by atoms with van der Waals surface area (Å²) in [4.78, 5) is 2.29. The van der Waals surface area contributed by atoms with E-state index >= 15 is 0 Å². The van der Waals surface area contributed by atoms with E-state index in [9.17, 15) is 4.39 Å². The minimum atomic E-state index is -0.257. The number of likely N-dealkylation sites (tertiary alicyclic amines) is 1. The lowest BCUT2D eigenvalue weighted by Crippen LogP contribution is -2.26. The van der Waals surface area contributed by atoms with Crippen molar-refractivity contribution in [1.29, 1.82) is 0 Å². The van der Waals surface area contributed by atoms with Crippen molar-refractivity contribution in [2.24, 2.45) is 0 Å². The van der Waals surface area contributed by atoms with E-state index in [4.69, 9.17) is 15.2 Å². The van der Waals surface area contributed by atoms with Crippen molar-refractivity contribution >= 4 is 16.8 Å². The van der Waals surface area contributed by atoms with Crippen molar-refractivity contribution in [3.63, 3.8) is 0 Å². The third-order valence-electron chi connectivity index (χ3n) is 7.92. The minimum Gasteiger partial charge on any atom is -0.496 e. The van der Waals surface area contributed by atoms with Crippen LogP contribution < -0.4 is 15.2 Å².